The Labute approximate surface area is 127 Å². The van der Waals surface area contributed by atoms with Crippen LogP contribution < -0.4 is 27.4 Å². The Morgan fingerprint density at radius 1 is 1.36 bits per heavy atom. The van der Waals surface area contributed by atoms with Crippen molar-refractivity contribution in [3.05, 3.63) is 24.5 Å². The number of anilines is 2. The zero-order chi connectivity index (χ0) is 15.5. The summed E-state index contributed by atoms with van der Waals surface area (Å²) in [5.74, 6) is 4.93. The van der Waals surface area contributed by atoms with Crippen molar-refractivity contribution in [2.45, 2.75) is 18.9 Å². The second-order valence-electron chi connectivity index (χ2n) is 5.29. The van der Waals surface area contributed by atoms with Gasteiger partial charge in [-0.3, -0.25) is 0 Å². The van der Waals surface area contributed by atoms with Gasteiger partial charge >= 0.3 is 6.09 Å². The van der Waals surface area contributed by atoms with Crippen LogP contribution in [0.15, 0.2) is 28.9 Å². The van der Waals surface area contributed by atoms with Crippen molar-refractivity contribution in [1.82, 2.24) is 10.9 Å². The second kappa shape index (κ2) is 6.12. The Bertz CT molecular complexity index is 664. The van der Waals surface area contributed by atoms with Crippen molar-refractivity contribution in [3.8, 4) is 0 Å². The minimum atomic E-state index is -0.571. The zero-order valence-electron chi connectivity index (χ0n) is 12.0. The largest absolute Gasteiger partial charge is 0.462 e. The van der Waals surface area contributed by atoms with Crippen LogP contribution in [0.5, 0.6) is 0 Å². The molecule has 1 amide bonds. The molecular weight excluding hydrogens is 286 g/mol. The molecule has 8 nitrogen and oxygen atoms in total. The Hall–Kier alpha value is -2.45. The van der Waals surface area contributed by atoms with Crippen LogP contribution in [-0.4, -0.2) is 25.2 Å². The molecule has 1 aliphatic heterocycles. The number of amides is 1. The summed E-state index contributed by atoms with van der Waals surface area (Å²) < 4.78 is 5.57. The van der Waals surface area contributed by atoms with Gasteiger partial charge in [0, 0.05) is 30.2 Å². The van der Waals surface area contributed by atoms with Crippen molar-refractivity contribution in [2.24, 2.45) is 5.84 Å². The smallest absolute Gasteiger partial charge is 0.427 e. The molecule has 1 aliphatic rings. The summed E-state index contributed by atoms with van der Waals surface area (Å²) in [7, 11) is 0. The molecule has 1 aromatic carbocycles. The lowest BCUT2D eigenvalue weighted by Crippen LogP contribution is -2.46. The number of furan rings is 1. The van der Waals surface area contributed by atoms with E-state index < -0.39 is 6.09 Å². The molecular formula is C14H19N5O3. The van der Waals surface area contributed by atoms with E-state index in [1.54, 1.807) is 6.26 Å². The van der Waals surface area contributed by atoms with Gasteiger partial charge in [0.05, 0.1) is 12.0 Å². The van der Waals surface area contributed by atoms with Gasteiger partial charge in [-0.2, -0.15) is 0 Å². The van der Waals surface area contributed by atoms with Gasteiger partial charge in [-0.05, 0) is 31.0 Å². The fraction of sp³-hybridized carbons (Fsp3) is 0.357. The molecule has 1 saturated heterocycles. The van der Waals surface area contributed by atoms with Crippen LogP contribution in [0.1, 0.15) is 12.8 Å². The van der Waals surface area contributed by atoms with Gasteiger partial charge in [0.1, 0.15) is 0 Å². The van der Waals surface area contributed by atoms with Crippen LogP contribution in [0.3, 0.4) is 0 Å². The highest BCUT2D eigenvalue weighted by Gasteiger charge is 2.23. The van der Waals surface area contributed by atoms with E-state index in [-0.39, 0.29) is 6.04 Å². The molecule has 6 N–H and O–H groups in total. The third-order valence-corrected chi connectivity index (χ3v) is 3.86. The maximum absolute atomic E-state index is 11.3. The first-order chi connectivity index (χ1) is 10.7. The summed E-state index contributed by atoms with van der Waals surface area (Å²) in [6.07, 6.45) is 2.70. The van der Waals surface area contributed by atoms with Crippen LogP contribution in [-0.2, 0) is 4.84 Å². The molecule has 0 saturated carbocycles. The van der Waals surface area contributed by atoms with E-state index in [0.29, 0.717) is 5.69 Å². The molecule has 0 radical (unpaired) electrons. The average Bonchev–Trinajstić information content (AvgIpc) is 2.95. The molecule has 22 heavy (non-hydrogen) atoms. The lowest BCUT2D eigenvalue weighted by Gasteiger charge is -2.33. The maximum Gasteiger partial charge on any atom is 0.427 e. The Morgan fingerprint density at radius 2 is 2.14 bits per heavy atom. The van der Waals surface area contributed by atoms with Crippen LogP contribution in [0, 0.1) is 0 Å². The highest BCUT2D eigenvalue weighted by molar-refractivity contribution is 5.92. The third kappa shape index (κ3) is 2.92. The first-order valence-corrected chi connectivity index (χ1v) is 7.12. The first-order valence-electron chi connectivity index (χ1n) is 7.12. The number of nitrogens with two attached hydrogens (primary N) is 2. The van der Waals surface area contributed by atoms with Crippen molar-refractivity contribution in [3.63, 3.8) is 0 Å². The third-order valence-electron chi connectivity index (χ3n) is 3.86. The van der Waals surface area contributed by atoms with Crippen LogP contribution in [0.4, 0.5) is 16.2 Å². The van der Waals surface area contributed by atoms with Crippen LogP contribution in [0.25, 0.3) is 11.0 Å². The minimum absolute atomic E-state index is 0.0604. The Morgan fingerprint density at radius 3 is 2.86 bits per heavy atom. The summed E-state index contributed by atoms with van der Waals surface area (Å²) in [4.78, 5) is 18.0. The van der Waals surface area contributed by atoms with Gasteiger partial charge in [0.25, 0.3) is 0 Å². The number of hydrogen-bond acceptors (Lipinski definition) is 7. The predicted molar refractivity (Wildman–Crippen MR) is 82.8 cm³/mol. The van der Waals surface area contributed by atoms with E-state index in [2.05, 4.69) is 15.1 Å². The van der Waals surface area contributed by atoms with E-state index >= 15 is 0 Å². The molecule has 0 spiro atoms. The molecule has 2 heterocycles. The minimum Gasteiger partial charge on any atom is -0.462 e. The second-order valence-corrected chi connectivity index (χ2v) is 5.29. The number of fused-ring (bicyclic) bond motifs is 1. The molecule has 2 aromatic rings. The summed E-state index contributed by atoms with van der Waals surface area (Å²) in [6.45, 7) is 1.58. The normalized spacial score (nSPS) is 16.0. The van der Waals surface area contributed by atoms with E-state index in [1.165, 1.54) is 0 Å². The topological polar surface area (TPSA) is 119 Å². The molecule has 118 valence electrons. The highest BCUT2D eigenvalue weighted by Crippen LogP contribution is 2.32. The van der Waals surface area contributed by atoms with Crippen molar-refractivity contribution >= 4 is 28.4 Å². The Balaban J connectivity index is 1.68. The van der Waals surface area contributed by atoms with Crippen molar-refractivity contribution in [1.29, 1.82) is 0 Å². The van der Waals surface area contributed by atoms with Gasteiger partial charge in [-0.1, -0.05) is 5.59 Å². The van der Waals surface area contributed by atoms with E-state index in [1.807, 2.05) is 23.8 Å². The number of nitrogen functional groups attached to an aromatic ring is 1. The van der Waals surface area contributed by atoms with Gasteiger partial charge < -0.3 is 25.2 Å². The lowest BCUT2D eigenvalue weighted by atomic mass is 10.0. The number of rotatable bonds is 3. The summed E-state index contributed by atoms with van der Waals surface area (Å²) in [6, 6.07) is 5.78. The predicted octanol–water partition coefficient (Wildman–Crippen LogP) is 1.09. The molecule has 0 unspecified atom stereocenters. The Kier molecular flexibility index (Phi) is 4.03. The van der Waals surface area contributed by atoms with E-state index in [9.17, 15) is 4.79 Å². The van der Waals surface area contributed by atoms with Crippen molar-refractivity contribution < 1.29 is 14.0 Å². The molecule has 0 atom stereocenters. The monoisotopic (exact) mass is 305 g/mol. The number of carbonyl (C=O) groups excluding carboxylic acids is 1. The number of hydrazine groups is 1. The fourth-order valence-corrected chi connectivity index (χ4v) is 2.83. The number of nitrogens with zero attached hydrogens (tertiary/aromatic N) is 1. The first kappa shape index (κ1) is 14.5. The molecule has 1 aromatic heterocycles. The summed E-state index contributed by atoms with van der Waals surface area (Å²) >= 11 is 0. The average molecular weight is 305 g/mol. The zero-order valence-corrected chi connectivity index (χ0v) is 12.0. The van der Waals surface area contributed by atoms with Gasteiger partial charge in [-0.15, -0.1) is 0 Å². The highest BCUT2D eigenvalue weighted by atomic mass is 16.7. The summed E-state index contributed by atoms with van der Waals surface area (Å²) in [5, 5.41) is 3.75. The molecule has 3 rings (SSSR count). The number of piperidine rings is 1. The van der Waals surface area contributed by atoms with Gasteiger partial charge in [-0.25, -0.2) is 10.6 Å². The lowest BCUT2D eigenvalue weighted by molar-refractivity contribution is 0.0861. The van der Waals surface area contributed by atoms with Crippen molar-refractivity contribution in [2.75, 3.05) is 23.7 Å². The molecule has 1 fully saturated rings. The standard InChI is InChI=1S/C14H19N5O3/c15-10-7-9-3-6-21-13(9)12(8-10)19-4-1-11(2-5-19)17-14(20)22-18-16/h3,6-8,11,18H,1-2,4-5,15-16H2,(H,17,20). The van der Waals surface area contributed by atoms with Gasteiger partial charge in [0.15, 0.2) is 5.58 Å². The maximum atomic E-state index is 11.3. The van der Waals surface area contributed by atoms with E-state index in [0.717, 1.165) is 42.6 Å². The molecule has 0 aliphatic carbocycles. The van der Waals surface area contributed by atoms with E-state index in [4.69, 9.17) is 16.0 Å². The molecule has 0 bridgehead atoms. The van der Waals surface area contributed by atoms with Gasteiger partial charge in [0.2, 0.25) is 0 Å². The summed E-state index contributed by atoms with van der Waals surface area (Å²) in [5.41, 5.74) is 10.4. The number of hydrogen-bond donors (Lipinski definition) is 4. The van der Waals surface area contributed by atoms with Crippen LogP contribution in [0.2, 0.25) is 0 Å². The number of nitrogens with one attached hydrogen (secondary N) is 2. The quantitative estimate of drug-likeness (QED) is 0.381. The SMILES string of the molecule is NNOC(=O)NC1CCN(c2cc(N)cc3ccoc23)CC1. The molecule has 8 heteroatoms. The van der Waals surface area contributed by atoms with Crippen LogP contribution >= 0.6 is 0 Å². The number of benzene rings is 1. The fourth-order valence-electron chi connectivity index (χ4n) is 2.83. The number of carbonyl (C=O) groups is 1.